The Morgan fingerprint density at radius 3 is 2.33 bits per heavy atom. The van der Waals surface area contributed by atoms with Crippen LogP contribution in [-0.4, -0.2) is 8.42 Å². The molecule has 18 heavy (non-hydrogen) atoms. The quantitative estimate of drug-likeness (QED) is 0.882. The van der Waals surface area contributed by atoms with Crippen LogP contribution in [0, 0.1) is 0 Å². The number of rotatable bonds is 3. The Bertz CT molecular complexity index is 654. The Labute approximate surface area is 115 Å². The molecule has 2 rings (SSSR count). The third kappa shape index (κ3) is 2.91. The van der Waals surface area contributed by atoms with Gasteiger partial charge >= 0.3 is 0 Å². The van der Waals surface area contributed by atoms with Gasteiger partial charge in [0.2, 0.25) is 0 Å². The topological polar surface area (TPSA) is 60.2 Å². The van der Waals surface area contributed by atoms with Crippen molar-refractivity contribution < 1.29 is 8.42 Å². The van der Waals surface area contributed by atoms with Gasteiger partial charge < -0.3 is 5.73 Å². The summed E-state index contributed by atoms with van der Waals surface area (Å²) in [6.45, 7) is 0. The molecule has 0 fully saturated rings. The Kier molecular flexibility index (Phi) is 3.73. The zero-order valence-corrected chi connectivity index (χ0v) is 11.9. The van der Waals surface area contributed by atoms with Crippen molar-refractivity contribution in [1.82, 2.24) is 0 Å². The Hall–Kier alpha value is -1.33. The summed E-state index contributed by atoms with van der Waals surface area (Å²) in [7, 11) is -3.36. The molecule has 2 aromatic rings. The maximum absolute atomic E-state index is 12.3. The zero-order chi connectivity index (χ0) is 13.2. The van der Waals surface area contributed by atoms with Gasteiger partial charge in [0.25, 0.3) is 0 Å². The predicted octanol–water partition coefficient (Wildman–Crippen LogP) is 3.01. The first-order valence-corrected chi connectivity index (χ1v) is 7.75. The van der Waals surface area contributed by atoms with Crippen molar-refractivity contribution in [1.29, 1.82) is 0 Å². The van der Waals surface area contributed by atoms with Crippen LogP contribution in [-0.2, 0) is 15.6 Å². The minimum absolute atomic E-state index is 0.0175. The minimum atomic E-state index is -3.36. The van der Waals surface area contributed by atoms with E-state index in [9.17, 15) is 8.42 Å². The van der Waals surface area contributed by atoms with Gasteiger partial charge in [-0.3, -0.25) is 0 Å². The molecule has 0 spiro atoms. The van der Waals surface area contributed by atoms with Crippen molar-refractivity contribution in [2.45, 2.75) is 10.6 Å². The van der Waals surface area contributed by atoms with E-state index in [1.54, 1.807) is 24.3 Å². The number of nitrogens with two attached hydrogens (primary N) is 1. The predicted molar refractivity (Wildman–Crippen MR) is 75.9 cm³/mol. The number of hydrogen-bond donors (Lipinski definition) is 1. The highest BCUT2D eigenvalue weighted by Gasteiger charge is 2.18. The maximum atomic E-state index is 12.3. The van der Waals surface area contributed by atoms with Crippen LogP contribution in [0.2, 0.25) is 0 Å². The van der Waals surface area contributed by atoms with Crippen molar-refractivity contribution in [2.75, 3.05) is 5.73 Å². The van der Waals surface area contributed by atoms with Crippen LogP contribution in [0.25, 0.3) is 0 Å². The summed E-state index contributed by atoms with van der Waals surface area (Å²) in [6.07, 6.45) is 0. The molecule has 0 saturated heterocycles. The van der Waals surface area contributed by atoms with Crippen LogP contribution in [0.1, 0.15) is 5.56 Å². The van der Waals surface area contributed by atoms with E-state index in [-0.39, 0.29) is 10.6 Å². The normalized spacial score (nSPS) is 11.4. The van der Waals surface area contributed by atoms with Crippen molar-refractivity contribution in [3.8, 4) is 0 Å². The summed E-state index contributed by atoms with van der Waals surface area (Å²) >= 11 is 3.24. The third-order valence-electron chi connectivity index (χ3n) is 2.49. The molecular weight excluding hydrogens is 314 g/mol. The molecule has 0 aliphatic carbocycles. The first-order chi connectivity index (χ1) is 8.49. The van der Waals surface area contributed by atoms with Gasteiger partial charge in [-0.05, 0) is 39.7 Å². The van der Waals surface area contributed by atoms with Crippen molar-refractivity contribution >= 4 is 31.5 Å². The summed E-state index contributed by atoms with van der Waals surface area (Å²) in [5.41, 5.74) is 6.89. The van der Waals surface area contributed by atoms with Crippen LogP contribution in [0.3, 0.4) is 0 Å². The van der Waals surface area contributed by atoms with Crippen molar-refractivity contribution in [2.24, 2.45) is 0 Å². The molecule has 0 atom stereocenters. The Morgan fingerprint density at radius 1 is 1.06 bits per heavy atom. The second-order valence-corrected chi connectivity index (χ2v) is 6.75. The molecule has 0 heterocycles. The molecule has 0 bridgehead atoms. The van der Waals surface area contributed by atoms with Gasteiger partial charge in [-0.15, -0.1) is 0 Å². The van der Waals surface area contributed by atoms with Gasteiger partial charge in [0.05, 0.1) is 10.6 Å². The van der Waals surface area contributed by atoms with E-state index in [0.717, 1.165) is 5.56 Å². The summed E-state index contributed by atoms with van der Waals surface area (Å²) in [5, 5.41) is 0. The second-order valence-electron chi connectivity index (χ2n) is 3.93. The summed E-state index contributed by atoms with van der Waals surface area (Å²) in [5.74, 6) is -0.0175. The first-order valence-electron chi connectivity index (χ1n) is 5.31. The number of hydrogen-bond acceptors (Lipinski definition) is 3. The molecule has 3 nitrogen and oxygen atoms in total. The molecule has 2 N–H and O–H groups in total. The fourth-order valence-electron chi connectivity index (χ4n) is 1.64. The molecule has 0 aliphatic rings. The average molecular weight is 326 g/mol. The molecule has 0 saturated carbocycles. The monoisotopic (exact) mass is 325 g/mol. The zero-order valence-electron chi connectivity index (χ0n) is 9.51. The minimum Gasteiger partial charge on any atom is -0.399 e. The maximum Gasteiger partial charge on any atom is 0.183 e. The number of anilines is 1. The second kappa shape index (κ2) is 5.12. The number of nitrogen functional groups attached to an aromatic ring is 1. The lowest BCUT2D eigenvalue weighted by atomic mass is 10.2. The van der Waals surface area contributed by atoms with Crippen molar-refractivity contribution in [3.63, 3.8) is 0 Å². The molecule has 5 heteroatoms. The fraction of sp³-hybridized carbons (Fsp3) is 0.0769. The highest BCUT2D eigenvalue weighted by atomic mass is 79.9. The molecule has 0 amide bonds. The van der Waals surface area contributed by atoms with Crippen LogP contribution >= 0.6 is 15.9 Å². The van der Waals surface area contributed by atoms with Gasteiger partial charge in [-0.2, -0.15) is 0 Å². The lowest BCUT2D eigenvalue weighted by Gasteiger charge is -2.07. The first kappa shape index (κ1) is 13.1. The molecule has 0 radical (unpaired) electrons. The van der Waals surface area contributed by atoms with E-state index in [4.69, 9.17) is 5.73 Å². The van der Waals surface area contributed by atoms with Gasteiger partial charge in [0.1, 0.15) is 0 Å². The van der Waals surface area contributed by atoms with Crippen LogP contribution in [0.4, 0.5) is 5.69 Å². The SMILES string of the molecule is Nc1ccc(S(=O)(=O)Cc2ccccc2)c(Br)c1. The average Bonchev–Trinajstić information content (AvgIpc) is 2.29. The third-order valence-corrected chi connectivity index (χ3v) is 5.15. The molecule has 0 unspecified atom stereocenters. The lowest BCUT2D eigenvalue weighted by Crippen LogP contribution is -2.06. The fourth-order valence-corrected chi connectivity index (χ4v) is 4.20. The largest absolute Gasteiger partial charge is 0.399 e. The number of benzene rings is 2. The van der Waals surface area contributed by atoms with E-state index in [1.165, 1.54) is 6.07 Å². The number of halogens is 1. The van der Waals surface area contributed by atoms with Crippen molar-refractivity contribution in [3.05, 3.63) is 58.6 Å². The van der Waals surface area contributed by atoms with E-state index >= 15 is 0 Å². The smallest absolute Gasteiger partial charge is 0.183 e. The summed E-state index contributed by atoms with van der Waals surface area (Å²) in [6, 6.07) is 13.8. The van der Waals surface area contributed by atoms with Crippen LogP contribution < -0.4 is 5.73 Å². The molecule has 2 aromatic carbocycles. The van der Waals surface area contributed by atoms with E-state index in [2.05, 4.69) is 15.9 Å². The Morgan fingerprint density at radius 2 is 1.72 bits per heavy atom. The molecule has 0 aliphatic heterocycles. The van der Waals surface area contributed by atoms with E-state index < -0.39 is 9.84 Å². The van der Waals surface area contributed by atoms with Crippen LogP contribution in [0.5, 0.6) is 0 Å². The van der Waals surface area contributed by atoms with Crippen LogP contribution in [0.15, 0.2) is 57.9 Å². The highest BCUT2D eigenvalue weighted by Crippen LogP contribution is 2.26. The summed E-state index contributed by atoms with van der Waals surface area (Å²) in [4.78, 5) is 0.264. The molecular formula is C13H12BrNO2S. The lowest BCUT2D eigenvalue weighted by molar-refractivity contribution is 0.595. The number of sulfone groups is 1. The van der Waals surface area contributed by atoms with Gasteiger partial charge in [0, 0.05) is 10.2 Å². The molecule has 94 valence electrons. The van der Waals surface area contributed by atoms with Gasteiger partial charge in [0.15, 0.2) is 9.84 Å². The Balaban J connectivity index is 2.37. The van der Waals surface area contributed by atoms with E-state index in [0.29, 0.717) is 10.2 Å². The standard InChI is InChI=1S/C13H12BrNO2S/c14-12-8-11(15)6-7-13(12)18(16,17)9-10-4-2-1-3-5-10/h1-8H,9,15H2. The van der Waals surface area contributed by atoms with Gasteiger partial charge in [-0.25, -0.2) is 8.42 Å². The summed E-state index contributed by atoms with van der Waals surface area (Å²) < 4.78 is 25.0. The highest BCUT2D eigenvalue weighted by molar-refractivity contribution is 9.10. The van der Waals surface area contributed by atoms with Gasteiger partial charge in [-0.1, -0.05) is 30.3 Å². The molecule has 0 aromatic heterocycles. The van der Waals surface area contributed by atoms with E-state index in [1.807, 2.05) is 18.2 Å².